The fourth-order valence-corrected chi connectivity index (χ4v) is 3.77. The summed E-state index contributed by atoms with van der Waals surface area (Å²) in [6, 6.07) is 3.84. The molecule has 0 saturated heterocycles. The molecule has 22 heavy (non-hydrogen) atoms. The van der Waals surface area contributed by atoms with Crippen molar-refractivity contribution in [3.05, 3.63) is 39.8 Å². The highest BCUT2D eigenvalue weighted by molar-refractivity contribution is 7.14. The summed E-state index contributed by atoms with van der Waals surface area (Å²) < 4.78 is 0. The molecule has 0 radical (unpaired) electrons. The van der Waals surface area contributed by atoms with E-state index in [0.29, 0.717) is 19.0 Å². The first-order valence-electron chi connectivity index (χ1n) is 7.63. The van der Waals surface area contributed by atoms with Crippen molar-refractivity contribution in [2.45, 2.75) is 26.2 Å². The van der Waals surface area contributed by atoms with Crippen molar-refractivity contribution in [3.63, 3.8) is 0 Å². The van der Waals surface area contributed by atoms with Crippen molar-refractivity contribution in [1.82, 2.24) is 15.3 Å². The highest BCUT2D eigenvalue weighted by Crippen LogP contribution is 2.32. The zero-order chi connectivity index (χ0) is 15.4. The molecule has 0 bridgehead atoms. The van der Waals surface area contributed by atoms with Crippen LogP contribution in [-0.2, 0) is 12.8 Å². The van der Waals surface area contributed by atoms with Crippen LogP contribution in [0.5, 0.6) is 0 Å². The zero-order valence-corrected chi connectivity index (χ0v) is 13.4. The van der Waals surface area contributed by atoms with E-state index in [0.717, 1.165) is 23.6 Å². The van der Waals surface area contributed by atoms with Crippen LogP contribution in [0.1, 0.15) is 33.5 Å². The molecule has 1 amide bonds. The lowest BCUT2D eigenvalue weighted by atomic mass is 9.90. The molecule has 5 nitrogen and oxygen atoms in total. The van der Waals surface area contributed by atoms with Crippen LogP contribution in [0.15, 0.2) is 24.5 Å². The molecule has 2 N–H and O–H groups in total. The Bertz CT molecular complexity index is 641. The lowest BCUT2D eigenvalue weighted by Crippen LogP contribution is -2.28. The van der Waals surface area contributed by atoms with Crippen LogP contribution < -0.4 is 10.6 Å². The van der Waals surface area contributed by atoms with Gasteiger partial charge in [-0.3, -0.25) is 4.79 Å². The zero-order valence-electron chi connectivity index (χ0n) is 12.6. The van der Waals surface area contributed by atoms with Crippen LogP contribution in [-0.4, -0.2) is 29.0 Å². The van der Waals surface area contributed by atoms with Gasteiger partial charge in [0, 0.05) is 30.4 Å². The van der Waals surface area contributed by atoms with Crippen LogP contribution in [0.4, 0.5) is 5.95 Å². The van der Waals surface area contributed by atoms with E-state index in [1.54, 1.807) is 29.8 Å². The number of anilines is 1. The molecule has 3 rings (SSSR count). The van der Waals surface area contributed by atoms with E-state index in [-0.39, 0.29) is 5.91 Å². The van der Waals surface area contributed by atoms with Crippen LogP contribution >= 0.6 is 11.3 Å². The predicted molar refractivity (Wildman–Crippen MR) is 88.4 cm³/mol. The molecular formula is C16H20N4OS. The number of fused-ring (bicyclic) bond motifs is 1. The molecule has 6 heteroatoms. The minimum atomic E-state index is 0.0165. The third-order valence-electron chi connectivity index (χ3n) is 3.81. The Labute approximate surface area is 134 Å². The number of thiophene rings is 1. The van der Waals surface area contributed by atoms with Gasteiger partial charge in [0.1, 0.15) is 0 Å². The molecule has 0 fully saturated rings. The number of aryl methyl sites for hydroxylation is 1. The number of nitrogens with zero attached hydrogens (tertiary/aromatic N) is 2. The van der Waals surface area contributed by atoms with Gasteiger partial charge in [0.05, 0.1) is 4.88 Å². The number of carbonyl (C=O) groups is 1. The number of hydrogen-bond acceptors (Lipinski definition) is 5. The largest absolute Gasteiger partial charge is 0.352 e. The summed E-state index contributed by atoms with van der Waals surface area (Å²) in [5.41, 5.74) is 1.37. The van der Waals surface area contributed by atoms with Crippen LogP contribution in [0.2, 0.25) is 0 Å². The summed E-state index contributed by atoms with van der Waals surface area (Å²) in [6.45, 7) is 3.44. The van der Waals surface area contributed by atoms with Gasteiger partial charge in [-0.25, -0.2) is 9.97 Å². The summed E-state index contributed by atoms with van der Waals surface area (Å²) in [5, 5.41) is 6.02. The van der Waals surface area contributed by atoms with Crippen LogP contribution in [0, 0.1) is 5.92 Å². The first-order valence-corrected chi connectivity index (χ1v) is 8.44. The van der Waals surface area contributed by atoms with Gasteiger partial charge in [0.25, 0.3) is 5.91 Å². The summed E-state index contributed by atoms with van der Waals surface area (Å²) in [5.74, 6) is 1.33. The molecule has 2 aromatic rings. The minimum absolute atomic E-state index is 0.0165. The first-order chi connectivity index (χ1) is 10.7. The Balaban J connectivity index is 1.48. The number of amides is 1. The van der Waals surface area contributed by atoms with Gasteiger partial charge in [-0.2, -0.15) is 0 Å². The Morgan fingerprint density at radius 1 is 1.36 bits per heavy atom. The molecule has 1 aliphatic carbocycles. The Kier molecular flexibility index (Phi) is 4.68. The van der Waals surface area contributed by atoms with Gasteiger partial charge in [-0.1, -0.05) is 6.92 Å². The topological polar surface area (TPSA) is 66.9 Å². The Hall–Kier alpha value is -1.95. The average Bonchev–Trinajstić information content (AvgIpc) is 2.95. The summed E-state index contributed by atoms with van der Waals surface area (Å²) >= 11 is 1.64. The summed E-state index contributed by atoms with van der Waals surface area (Å²) in [6.07, 6.45) is 6.82. The molecule has 0 unspecified atom stereocenters. The molecule has 0 aliphatic heterocycles. The first kappa shape index (κ1) is 15.0. The second-order valence-corrected chi connectivity index (χ2v) is 6.80. The van der Waals surface area contributed by atoms with E-state index in [4.69, 9.17) is 0 Å². The average molecular weight is 316 g/mol. The maximum Gasteiger partial charge on any atom is 0.261 e. The standard InChI is InChI=1S/C16H20N4OS/c1-11-3-4-13-12(9-11)10-14(22-13)15(21)17-7-8-20-16-18-5-2-6-19-16/h2,5-6,10-11H,3-4,7-9H2,1H3,(H,17,21)(H,18,19,20)/t11-/m1/s1. The monoisotopic (exact) mass is 316 g/mol. The van der Waals surface area contributed by atoms with E-state index < -0.39 is 0 Å². The summed E-state index contributed by atoms with van der Waals surface area (Å²) in [4.78, 5) is 22.6. The number of hydrogen-bond donors (Lipinski definition) is 2. The molecule has 1 aliphatic rings. The Morgan fingerprint density at radius 3 is 3.00 bits per heavy atom. The SMILES string of the molecule is C[C@@H]1CCc2sc(C(=O)NCCNc3ncccn3)cc2C1. The van der Waals surface area contributed by atoms with Gasteiger partial charge < -0.3 is 10.6 Å². The van der Waals surface area contributed by atoms with Crippen LogP contribution in [0.3, 0.4) is 0 Å². The lowest BCUT2D eigenvalue weighted by Gasteiger charge is -2.16. The molecule has 0 aromatic carbocycles. The van der Waals surface area contributed by atoms with Crippen LogP contribution in [0.25, 0.3) is 0 Å². The molecular weight excluding hydrogens is 296 g/mol. The van der Waals surface area contributed by atoms with E-state index in [1.165, 1.54) is 16.9 Å². The van der Waals surface area contributed by atoms with E-state index >= 15 is 0 Å². The van der Waals surface area contributed by atoms with E-state index in [2.05, 4.69) is 33.6 Å². The number of nitrogens with one attached hydrogen (secondary N) is 2. The van der Waals surface area contributed by atoms with Gasteiger partial charge in [-0.05, 0) is 42.9 Å². The molecule has 2 heterocycles. The smallest absolute Gasteiger partial charge is 0.261 e. The van der Waals surface area contributed by atoms with Gasteiger partial charge in [0.15, 0.2) is 0 Å². The number of carbonyl (C=O) groups excluding carboxylic acids is 1. The number of aromatic nitrogens is 2. The second kappa shape index (κ2) is 6.87. The van der Waals surface area contributed by atoms with Crippen molar-refractivity contribution >= 4 is 23.2 Å². The fraction of sp³-hybridized carbons (Fsp3) is 0.438. The van der Waals surface area contributed by atoms with Crippen molar-refractivity contribution in [2.24, 2.45) is 5.92 Å². The minimum Gasteiger partial charge on any atom is -0.352 e. The van der Waals surface area contributed by atoms with Crippen molar-refractivity contribution in [3.8, 4) is 0 Å². The molecule has 0 saturated carbocycles. The lowest BCUT2D eigenvalue weighted by molar-refractivity contribution is 0.0959. The van der Waals surface area contributed by atoms with Crippen molar-refractivity contribution in [1.29, 1.82) is 0 Å². The molecule has 2 aromatic heterocycles. The fourth-order valence-electron chi connectivity index (χ4n) is 2.65. The predicted octanol–water partition coefficient (Wildman–Crippen LogP) is 2.50. The third kappa shape index (κ3) is 3.62. The highest BCUT2D eigenvalue weighted by atomic mass is 32.1. The van der Waals surface area contributed by atoms with Gasteiger partial charge in [-0.15, -0.1) is 11.3 Å². The van der Waals surface area contributed by atoms with E-state index in [9.17, 15) is 4.79 Å². The maximum absolute atomic E-state index is 12.2. The Morgan fingerprint density at radius 2 is 2.18 bits per heavy atom. The van der Waals surface area contributed by atoms with Crippen molar-refractivity contribution < 1.29 is 4.79 Å². The molecule has 1 atom stereocenters. The molecule has 116 valence electrons. The maximum atomic E-state index is 12.2. The van der Waals surface area contributed by atoms with E-state index in [1.807, 2.05) is 0 Å². The second-order valence-electron chi connectivity index (χ2n) is 5.66. The highest BCUT2D eigenvalue weighted by Gasteiger charge is 2.20. The quantitative estimate of drug-likeness (QED) is 0.832. The third-order valence-corrected chi connectivity index (χ3v) is 5.05. The normalized spacial score (nSPS) is 16.9. The number of rotatable bonds is 5. The van der Waals surface area contributed by atoms with Gasteiger partial charge >= 0.3 is 0 Å². The van der Waals surface area contributed by atoms with Gasteiger partial charge in [0.2, 0.25) is 5.95 Å². The van der Waals surface area contributed by atoms with Crippen molar-refractivity contribution in [2.75, 3.05) is 18.4 Å². The summed E-state index contributed by atoms with van der Waals surface area (Å²) in [7, 11) is 0. The molecule has 0 spiro atoms.